The summed E-state index contributed by atoms with van der Waals surface area (Å²) in [5, 5.41) is 0. The molecule has 2 unspecified atom stereocenters. The van der Waals surface area contributed by atoms with E-state index in [1.807, 2.05) is 41.8 Å². The average molecular weight is 521 g/mol. The molecule has 204 valence electrons. The van der Waals surface area contributed by atoms with E-state index < -0.39 is 0 Å². The van der Waals surface area contributed by atoms with Gasteiger partial charge in [-0.05, 0) is 61.4 Å². The Morgan fingerprint density at radius 2 is 2.05 bits per heavy atom. The highest BCUT2D eigenvalue weighted by Gasteiger charge is 2.40. The van der Waals surface area contributed by atoms with Gasteiger partial charge >= 0.3 is 0 Å². The van der Waals surface area contributed by atoms with E-state index in [0.29, 0.717) is 13.1 Å². The number of fused-ring (bicyclic) bond motifs is 1. The van der Waals surface area contributed by atoms with Crippen LogP contribution in [0.2, 0.25) is 0 Å². The number of hydrogen-bond donors (Lipinski definition) is 0. The quantitative estimate of drug-likeness (QED) is 0.461. The molecular formula is C30H40N4O4. The molecule has 0 bridgehead atoms. The third-order valence-electron chi connectivity index (χ3n) is 8.33. The van der Waals surface area contributed by atoms with Crippen molar-refractivity contribution in [3.63, 3.8) is 0 Å². The molecular weight excluding hydrogens is 480 g/mol. The fourth-order valence-electron chi connectivity index (χ4n) is 5.94. The lowest BCUT2D eigenvalue weighted by Gasteiger charge is -2.29. The predicted octanol–water partition coefficient (Wildman–Crippen LogP) is 4.45. The van der Waals surface area contributed by atoms with E-state index in [1.54, 1.807) is 12.4 Å². The van der Waals surface area contributed by atoms with E-state index >= 15 is 0 Å². The number of aromatic nitrogens is 1. The Balaban J connectivity index is 1.32. The fourth-order valence-corrected chi connectivity index (χ4v) is 5.94. The number of unbranched alkanes of at least 4 members (excludes halogenated alkanes) is 1. The van der Waals surface area contributed by atoms with Crippen molar-refractivity contribution in [3.05, 3.63) is 48.3 Å². The van der Waals surface area contributed by atoms with E-state index in [1.165, 1.54) is 5.56 Å². The molecule has 38 heavy (non-hydrogen) atoms. The molecule has 2 fully saturated rings. The Hall–Kier alpha value is -3.13. The molecule has 0 aliphatic carbocycles. The smallest absolute Gasteiger partial charge is 0.241 e. The van der Waals surface area contributed by atoms with Gasteiger partial charge in [-0.3, -0.25) is 19.5 Å². The van der Waals surface area contributed by atoms with Crippen LogP contribution in [-0.4, -0.2) is 72.2 Å². The highest BCUT2D eigenvalue weighted by atomic mass is 16.7. The maximum Gasteiger partial charge on any atom is 0.241 e. The number of pyridine rings is 1. The van der Waals surface area contributed by atoms with E-state index in [-0.39, 0.29) is 36.0 Å². The Kier molecular flexibility index (Phi) is 7.88. The molecule has 1 aromatic carbocycles. The number of amides is 2. The van der Waals surface area contributed by atoms with Gasteiger partial charge in [0.25, 0.3) is 0 Å². The van der Waals surface area contributed by atoms with Crippen molar-refractivity contribution in [2.75, 3.05) is 44.4 Å². The summed E-state index contributed by atoms with van der Waals surface area (Å²) >= 11 is 0. The summed E-state index contributed by atoms with van der Waals surface area (Å²) in [4.78, 5) is 37.0. The first-order valence-electron chi connectivity index (χ1n) is 14.0. The number of benzene rings is 1. The van der Waals surface area contributed by atoms with Crippen molar-refractivity contribution in [1.29, 1.82) is 0 Å². The fraction of sp³-hybridized carbons (Fsp3) is 0.567. The molecule has 2 aromatic rings. The molecule has 5 rings (SSSR count). The summed E-state index contributed by atoms with van der Waals surface area (Å²) in [6, 6.07) is 10.2. The van der Waals surface area contributed by atoms with Gasteiger partial charge < -0.3 is 19.3 Å². The summed E-state index contributed by atoms with van der Waals surface area (Å²) in [5.41, 5.74) is 1.78. The Morgan fingerprint density at radius 3 is 2.79 bits per heavy atom. The zero-order valence-electron chi connectivity index (χ0n) is 22.9. The second-order valence-electron chi connectivity index (χ2n) is 11.5. The van der Waals surface area contributed by atoms with Gasteiger partial charge in [-0.2, -0.15) is 0 Å². The molecule has 4 heterocycles. The van der Waals surface area contributed by atoms with Crippen LogP contribution in [0.25, 0.3) is 0 Å². The van der Waals surface area contributed by atoms with Crippen molar-refractivity contribution < 1.29 is 19.1 Å². The maximum absolute atomic E-state index is 13.7. The monoisotopic (exact) mass is 520 g/mol. The Morgan fingerprint density at radius 1 is 1.21 bits per heavy atom. The van der Waals surface area contributed by atoms with Gasteiger partial charge in [0.15, 0.2) is 11.5 Å². The van der Waals surface area contributed by atoms with E-state index in [4.69, 9.17) is 9.47 Å². The number of nitrogens with zero attached hydrogens (tertiary/aromatic N) is 4. The van der Waals surface area contributed by atoms with Crippen molar-refractivity contribution in [3.8, 4) is 11.5 Å². The number of carbonyl (C=O) groups is 2. The molecule has 2 atom stereocenters. The SMILES string of the molecule is CCCCN(C(=O)CN1CC(c2ccc3c(c2)OCO3)CC1CCN1CCC(C)(C)C1=O)c1cccnc1. The summed E-state index contributed by atoms with van der Waals surface area (Å²) in [6.07, 6.45) is 8.16. The highest BCUT2D eigenvalue weighted by Crippen LogP contribution is 2.40. The number of anilines is 1. The Bertz CT molecular complexity index is 1140. The van der Waals surface area contributed by atoms with E-state index in [2.05, 4.69) is 28.9 Å². The standard InChI is InChI=1S/C30H40N4O4/c1-4-5-13-34(25-7-6-12-31-18-25)28(35)20-33-19-23(22-8-9-26-27(17-22)38-21-37-26)16-24(33)10-14-32-15-11-30(2,3)29(32)36/h6-9,12,17-18,23-24H,4-5,10-11,13-16,19-21H2,1-3H3. The minimum atomic E-state index is -0.274. The molecule has 8 nitrogen and oxygen atoms in total. The number of rotatable bonds is 10. The topological polar surface area (TPSA) is 75.2 Å². The van der Waals surface area contributed by atoms with Crippen LogP contribution < -0.4 is 14.4 Å². The Labute approximate surface area is 225 Å². The molecule has 8 heteroatoms. The van der Waals surface area contributed by atoms with Crippen LogP contribution in [0.4, 0.5) is 5.69 Å². The summed E-state index contributed by atoms with van der Waals surface area (Å²) in [6.45, 7) is 9.84. The summed E-state index contributed by atoms with van der Waals surface area (Å²) in [7, 11) is 0. The van der Waals surface area contributed by atoms with E-state index in [0.717, 1.165) is 68.9 Å². The molecule has 2 saturated heterocycles. The summed E-state index contributed by atoms with van der Waals surface area (Å²) < 4.78 is 11.1. The zero-order chi connectivity index (χ0) is 26.7. The summed E-state index contributed by atoms with van der Waals surface area (Å²) in [5.74, 6) is 2.21. The lowest BCUT2D eigenvalue weighted by molar-refractivity contribution is -0.134. The van der Waals surface area contributed by atoms with Gasteiger partial charge in [0.2, 0.25) is 18.6 Å². The molecule has 0 N–H and O–H groups in total. The van der Waals surface area contributed by atoms with Crippen molar-refractivity contribution in [1.82, 2.24) is 14.8 Å². The first-order chi connectivity index (χ1) is 18.4. The highest BCUT2D eigenvalue weighted by molar-refractivity contribution is 5.94. The number of ether oxygens (including phenoxy) is 2. The van der Waals surface area contributed by atoms with Gasteiger partial charge in [-0.25, -0.2) is 0 Å². The molecule has 0 saturated carbocycles. The molecule has 0 spiro atoms. The predicted molar refractivity (Wildman–Crippen MR) is 146 cm³/mol. The number of likely N-dealkylation sites (tertiary alicyclic amines) is 2. The normalized spacial score (nSPS) is 22.3. The van der Waals surface area contributed by atoms with Gasteiger partial charge in [-0.15, -0.1) is 0 Å². The van der Waals surface area contributed by atoms with Crippen LogP contribution in [0.3, 0.4) is 0 Å². The van der Waals surface area contributed by atoms with Crippen LogP contribution in [0.1, 0.15) is 64.4 Å². The molecule has 3 aliphatic heterocycles. The third kappa shape index (κ3) is 5.65. The second-order valence-corrected chi connectivity index (χ2v) is 11.5. The molecule has 1 aromatic heterocycles. The van der Waals surface area contributed by atoms with Gasteiger partial charge in [-0.1, -0.05) is 33.3 Å². The van der Waals surface area contributed by atoms with Crippen molar-refractivity contribution in [2.45, 2.75) is 64.8 Å². The van der Waals surface area contributed by atoms with Crippen molar-refractivity contribution >= 4 is 17.5 Å². The molecule has 2 amide bonds. The van der Waals surface area contributed by atoms with Gasteiger partial charge in [0, 0.05) is 43.8 Å². The van der Waals surface area contributed by atoms with Crippen LogP contribution >= 0.6 is 0 Å². The van der Waals surface area contributed by atoms with Crippen LogP contribution in [0.5, 0.6) is 11.5 Å². The minimum Gasteiger partial charge on any atom is -0.454 e. The average Bonchev–Trinajstić information content (AvgIpc) is 3.61. The third-order valence-corrected chi connectivity index (χ3v) is 8.33. The van der Waals surface area contributed by atoms with Crippen molar-refractivity contribution in [2.24, 2.45) is 5.41 Å². The number of hydrogen-bond acceptors (Lipinski definition) is 6. The number of carbonyl (C=O) groups excluding carboxylic acids is 2. The first-order valence-corrected chi connectivity index (χ1v) is 14.0. The maximum atomic E-state index is 13.7. The molecule has 0 radical (unpaired) electrons. The second kappa shape index (κ2) is 11.3. The largest absolute Gasteiger partial charge is 0.454 e. The van der Waals surface area contributed by atoms with E-state index in [9.17, 15) is 9.59 Å². The van der Waals surface area contributed by atoms with Gasteiger partial charge in [0.1, 0.15) is 0 Å². The first kappa shape index (κ1) is 26.5. The van der Waals surface area contributed by atoms with Crippen LogP contribution in [-0.2, 0) is 9.59 Å². The van der Waals surface area contributed by atoms with Crippen LogP contribution in [0.15, 0.2) is 42.7 Å². The molecule has 3 aliphatic rings. The lowest BCUT2D eigenvalue weighted by atomic mass is 9.92. The van der Waals surface area contributed by atoms with Crippen LogP contribution in [0, 0.1) is 5.41 Å². The minimum absolute atomic E-state index is 0.0983. The lowest BCUT2D eigenvalue weighted by Crippen LogP contribution is -2.44. The zero-order valence-corrected chi connectivity index (χ0v) is 22.9. The van der Waals surface area contributed by atoms with Gasteiger partial charge in [0.05, 0.1) is 18.4 Å².